The maximum Gasteiger partial charge on any atom is 0.329 e. The van der Waals surface area contributed by atoms with Crippen LogP contribution >= 0.6 is 25.7 Å². The van der Waals surface area contributed by atoms with Crippen molar-refractivity contribution in [1.82, 2.24) is 5.32 Å². The second-order valence-corrected chi connectivity index (χ2v) is 18.5. The van der Waals surface area contributed by atoms with E-state index in [1.54, 1.807) is 41.5 Å². The number of Topliss-reactive ketones (excluding diaryl/α,β-unsaturated/α-hetero) is 1. The Morgan fingerprint density at radius 2 is 1.08 bits per heavy atom. The third-order valence-electron chi connectivity index (χ3n) is 7.20. The molecule has 14 heteroatoms. The number of aliphatic carboxylic acids is 1. The van der Waals surface area contributed by atoms with E-state index in [1.807, 2.05) is 0 Å². The Morgan fingerprint density at radius 1 is 0.660 bits per heavy atom. The Balaban J connectivity index is -0.00000341. The van der Waals surface area contributed by atoms with E-state index in [9.17, 15) is 24.0 Å². The van der Waals surface area contributed by atoms with Crippen LogP contribution < -0.4 is 5.32 Å². The number of carboxylic acid groups (broad SMARTS) is 1. The predicted octanol–water partition coefficient (Wildman–Crippen LogP) is 10.4. The van der Waals surface area contributed by atoms with E-state index in [1.165, 1.54) is 64.2 Å². The van der Waals surface area contributed by atoms with Crippen molar-refractivity contribution in [2.75, 3.05) is 6.38 Å². The summed E-state index contributed by atoms with van der Waals surface area (Å²) >= 11 is 13.5. The molecule has 0 aliphatic carbocycles. The lowest BCUT2D eigenvalue weighted by Gasteiger charge is -2.25. The lowest BCUT2D eigenvalue weighted by atomic mass is 9.94. The highest BCUT2D eigenvalue weighted by Gasteiger charge is 2.30. The highest BCUT2D eigenvalue weighted by molar-refractivity contribution is 8.40. The fourth-order valence-electron chi connectivity index (χ4n) is 4.86. The summed E-state index contributed by atoms with van der Waals surface area (Å²) < 4.78 is 10.9. The molecule has 0 radical (unpaired) electrons. The van der Waals surface area contributed by atoms with Crippen molar-refractivity contribution in [3.05, 3.63) is 0 Å². The Labute approximate surface area is 321 Å². The maximum absolute atomic E-state index is 12.9. The van der Waals surface area contributed by atoms with Gasteiger partial charge in [-0.25, -0.2) is 4.79 Å². The van der Waals surface area contributed by atoms with Gasteiger partial charge in [-0.3, -0.25) is 19.2 Å². The number of nitrogens with one attached hydrogen (secondary N) is 1. The molecule has 292 valence electrons. The molecule has 50 heavy (non-hydrogen) atoms. The summed E-state index contributed by atoms with van der Waals surface area (Å²) in [4.78, 5) is 62.1. The number of carbonyl (C=O) groups is 5. The van der Waals surface area contributed by atoms with Gasteiger partial charge in [-0.15, -0.1) is 11.6 Å². The van der Waals surface area contributed by atoms with Gasteiger partial charge in [-0.1, -0.05) is 84.0 Å². The molecule has 1 amide bonds. The highest BCUT2D eigenvalue weighted by atomic mass is 35.5. The number of ketones is 1. The molecule has 0 saturated carbocycles. The second-order valence-electron chi connectivity index (χ2n) is 14.3. The number of esters is 2. The summed E-state index contributed by atoms with van der Waals surface area (Å²) in [5, 5.41) is 11.8. The van der Waals surface area contributed by atoms with Crippen molar-refractivity contribution >= 4 is 78.9 Å². The Hall–Kier alpha value is -1.12. The van der Waals surface area contributed by atoms with Gasteiger partial charge >= 0.3 is 17.9 Å². The van der Waals surface area contributed by atoms with Gasteiger partial charge < -0.3 is 19.9 Å². The number of hydrogen-bond acceptors (Lipinski definition) is 9. The molecule has 0 spiro atoms. The molecular weight excluding hydrogens is 736 g/mol. The summed E-state index contributed by atoms with van der Waals surface area (Å²) in [6.07, 6.45) is 16.9. The van der Waals surface area contributed by atoms with Gasteiger partial charge in [0.15, 0.2) is 0 Å². The molecule has 2 N–H and O–H groups in total. The van der Waals surface area contributed by atoms with Crippen molar-refractivity contribution in [2.45, 2.75) is 188 Å². The smallest absolute Gasteiger partial charge is 0.329 e. The normalized spacial score (nSPS) is 12.4. The molecule has 0 aromatic rings. The third kappa shape index (κ3) is 38.1. The van der Waals surface area contributed by atoms with Crippen LogP contribution in [-0.2, 0) is 57.1 Å². The molecule has 0 fully saturated rings. The van der Waals surface area contributed by atoms with Crippen molar-refractivity contribution in [1.29, 1.82) is 0 Å². The van der Waals surface area contributed by atoms with E-state index in [4.69, 9.17) is 14.6 Å². The number of alkyl halides is 1. The van der Waals surface area contributed by atoms with E-state index in [0.717, 1.165) is 39.8 Å². The topological polar surface area (TPSA) is 136 Å². The fourth-order valence-corrected chi connectivity index (χ4v) is 4.86. The highest BCUT2D eigenvalue weighted by Crippen LogP contribution is 2.21. The first kappa shape index (κ1) is 53.2. The van der Waals surface area contributed by atoms with Crippen LogP contribution in [0, 0.1) is 5.92 Å². The summed E-state index contributed by atoms with van der Waals surface area (Å²) in [6, 6.07) is -0.994. The lowest BCUT2D eigenvalue weighted by Crippen LogP contribution is -2.44. The third-order valence-corrected chi connectivity index (χ3v) is 9.87. The van der Waals surface area contributed by atoms with Crippen LogP contribution in [0.15, 0.2) is 0 Å². The predicted molar refractivity (Wildman–Crippen MR) is 213 cm³/mol. The molecule has 0 rings (SSSR count). The zero-order valence-electron chi connectivity index (χ0n) is 32.0. The van der Waals surface area contributed by atoms with Crippen molar-refractivity contribution < 1.29 is 38.6 Å². The van der Waals surface area contributed by atoms with Crippen molar-refractivity contribution in [3.63, 3.8) is 0 Å². The van der Waals surface area contributed by atoms with Crippen LogP contribution in [0.3, 0.4) is 0 Å². The number of rotatable bonds is 26. The van der Waals surface area contributed by atoms with Crippen LogP contribution in [0.25, 0.3) is 0 Å². The zero-order chi connectivity index (χ0) is 39.0. The van der Waals surface area contributed by atoms with Crippen LogP contribution in [0.1, 0.15) is 170 Å². The molecular formula is C36H66ClNO8P2S2. The van der Waals surface area contributed by atoms with Crippen LogP contribution in [0.4, 0.5) is 0 Å². The summed E-state index contributed by atoms with van der Waals surface area (Å²) in [5.74, 6) is -3.78. The molecule has 0 heterocycles. The Kier molecular flexibility index (Phi) is 35.9. The molecule has 0 aromatic heterocycles. The average Bonchev–Trinajstić information content (AvgIpc) is 3.02. The van der Waals surface area contributed by atoms with Crippen LogP contribution in [0.5, 0.6) is 0 Å². The molecule has 0 bridgehead atoms. The van der Waals surface area contributed by atoms with Crippen molar-refractivity contribution in [3.8, 4) is 0 Å². The van der Waals surface area contributed by atoms with Gasteiger partial charge in [0.2, 0.25) is 5.91 Å². The van der Waals surface area contributed by atoms with Gasteiger partial charge in [0.25, 0.3) is 0 Å². The van der Waals surface area contributed by atoms with Gasteiger partial charge in [0, 0.05) is 46.2 Å². The zero-order valence-corrected chi connectivity index (χ0v) is 36.2. The standard InChI is InChI=1S/C35H63NO8.CH3Cl.P2S2/c1-8-9-10-11-12-13-14-15-16-17-18-19-20-21-30(38)36-29(33(42)44-35(5,6)7)24-23-28(37)26-27(22-25-31(39)40)32(41)43-34(2,3)4;1-2;3-1-2-4/h27,29H,8-26H2,1-7H3,(H,36,38)(H,39,40);1H3;/t27-,29+;;/m1../s1. The van der Waals surface area contributed by atoms with Gasteiger partial charge in [0.05, 0.1) is 5.92 Å². The maximum atomic E-state index is 12.9. The monoisotopic (exact) mass is 801 g/mol. The molecule has 9 nitrogen and oxygen atoms in total. The SMILES string of the molecule is CCCCCCCCCCCCCCCC(=O)N[C@@H](CCC(=O)C[C@@H](CCC(=O)O)C(=O)OC(C)(C)C)C(=O)OC(C)(C)C.CCl.S=PP=S. The lowest BCUT2D eigenvalue weighted by molar-refractivity contribution is -0.162. The largest absolute Gasteiger partial charge is 0.481 e. The molecule has 2 atom stereocenters. The summed E-state index contributed by atoms with van der Waals surface area (Å²) in [7, 11) is 1.74. The van der Waals surface area contributed by atoms with Crippen LogP contribution in [0.2, 0.25) is 0 Å². The van der Waals surface area contributed by atoms with E-state index < -0.39 is 41.1 Å². The van der Waals surface area contributed by atoms with Gasteiger partial charge in [-0.05, 0) is 84.4 Å². The number of hydrogen-bond donors (Lipinski definition) is 2. The van der Waals surface area contributed by atoms with Gasteiger partial charge in [-0.2, -0.15) is 0 Å². The first-order chi connectivity index (χ1) is 23.4. The number of carbonyl (C=O) groups excluding carboxylic acids is 4. The van der Waals surface area contributed by atoms with Gasteiger partial charge in [0.1, 0.15) is 23.0 Å². The Bertz CT molecular complexity index is 969. The molecule has 0 saturated heterocycles. The number of carboxylic acids is 1. The fraction of sp³-hybridized carbons (Fsp3) is 0.861. The quantitative estimate of drug-likeness (QED) is 0.0376. The second kappa shape index (κ2) is 33.7. The summed E-state index contributed by atoms with van der Waals surface area (Å²) in [5.41, 5.74) is -1.54. The van der Waals surface area contributed by atoms with E-state index >= 15 is 0 Å². The van der Waals surface area contributed by atoms with E-state index in [0.29, 0.717) is 6.42 Å². The molecule has 0 aromatic carbocycles. The number of unbranched alkanes of at least 4 members (excludes halogenated alkanes) is 12. The number of ether oxygens (including phenoxy) is 2. The molecule has 0 aliphatic rings. The average molecular weight is 802 g/mol. The van der Waals surface area contributed by atoms with Crippen LogP contribution in [-0.4, -0.2) is 58.3 Å². The molecule has 0 unspecified atom stereocenters. The minimum Gasteiger partial charge on any atom is -0.481 e. The van der Waals surface area contributed by atoms with E-state index in [-0.39, 0.29) is 43.8 Å². The summed E-state index contributed by atoms with van der Waals surface area (Å²) in [6.45, 7) is 12.5. The number of halogens is 1. The van der Waals surface area contributed by atoms with E-state index in [2.05, 4.69) is 47.5 Å². The molecule has 0 aliphatic heterocycles. The minimum atomic E-state index is -1.07. The van der Waals surface area contributed by atoms with Crippen molar-refractivity contribution in [2.24, 2.45) is 5.92 Å². The number of amides is 1. The minimum absolute atomic E-state index is 0.0259. The Morgan fingerprint density at radius 3 is 1.48 bits per heavy atom. The first-order valence-electron chi connectivity index (χ1n) is 18.0. The first-order valence-corrected chi connectivity index (χ1v) is 23.2.